The van der Waals surface area contributed by atoms with Gasteiger partial charge in [0.2, 0.25) is 0 Å². The highest BCUT2D eigenvalue weighted by Crippen LogP contribution is 2.36. The summed E-state index contributed by atoms with van der Waals surface area (Å²) in [7, 11) is 3.66. The molecule has 7 nitrogen and oxygen atoms in total. The van der Waals surface area contributed by atoms with Crippen LogP contribution in [0.1, 0.15) is 36.8 Å². The fourth-order valence-electron chi connectivity index (χ4n) is 6.44. The number of aromatic amines is 1. The summed E-state index contributed by atoms with van der Waals surface area (Å²) in [6.07, 6.45) is 4.45. The minimum Gasteiger partial charge on any atom is -0.360 e. The minimum absolute atomic E-state index is 0.0244. The molecule has 0 bridgehead atoms. The molecule has 0 radical (unpaired) electrons. The second-order valence-electron chi connectivity index (χ2n) is 11.1. The summed E-state index contributed by atoms with van der Waals surface area (Å²) in [5.74, 6) is 1.47. The number of benzene rings is 3. The second-order valence-corrected chi connectivity index (χ2v) is 11.1. The Hall–Kier alpha value is -4.10. The Balaban J connectivity index is 1.44. The van der Waals surface area contributed by atoms with Crippen LogP contribution < -0.4 is 5.69 Å². The summed E-state index contributed by atoms with van der Waals surface area (Å²) in [6, 6.07) is 19.6. The lowest BCUT2D eigenvalue weighted by atomic mass is 9.89. The normalized spacial score (nSPS) is 15.3. The lowest BCUT2D eigenvalue weighted by Gasteiger charge is -2.31. The number of hydrogen-bond donors (Lipinski definition) is 1. The van der Waals surface area contributed by atoms with E-state index in [1.54, 1.807) is 9.13 Å². The van der Waals surface area contributed by atoms with E-state index >= 15 is 0 Å². The number of aryl methyl sites for hydroxylation is 3. The summed E-state index contributed by atoms with van der Waals surface area (Å²) < 4.78 is 5.66. The third kappa shape index (κ3) is 3.75. The molecule has 0 unspecified atom stereocenters. The number of aromatic nitrogens is 5. The van der Waals surface area contributed by atoms with Gasteiger partial charge in [-0.25, -0.2) is 9.78 Å². The molecule has 3 aromatic heterocycles. The van der Waals surface area contributed by atoms with Gasteiger partial charge in [0.25, 0.3) is 0 Å². The van der Waals surface area contributed by atoms with Gasteiger partial charge in [-0.1, -0.05) is 25.1 Å². The van der Waals surface area contributed by atoms with Crippen LogP contribution in [0.4, 0.5) is 0 Å². The van der Waals surface area contributed by atoms with E-state index in [0.717, 1.165) is 69.7 Å². The number of likely N-dealkylation sites (tertiary alicyclic amines) is 1. The Morgan fingerprint density at radius 1 is 0.923 bits per heavy atom. The molecule has 4 heterocycles. The second kappa shape index (κ2) is 8.99. The first-order valence-electron chi connectivity index (χ1n) is 13.9. The molecule has 198 valence electrons. The Kier molecular flexibility index (Phi) is 5.52. The smallest absolute Gasteiger partial charge is 0.328 e. The van der Waals surface area contributed by atoms with Gasteiger partial charge in [0, 0.05) is 42.4 Å². The molecule has 1 fully saturated rings. The largest absolute Gasteiger partial charge is 0.360 e. The van der Waals surface area contributed by atoms with Crippen molar-refractivity contribution in [3.8, 4) is 17.1 Å². The first-order chi connectivity index (χ1) is 18.9. The van der Waals surface area contributed by atoms with Crippen LogP contribution in [-0.2, 0) is 14.1 Å². The van der Waals surface area contributed by atoms with Crippen molar-refractivity contribution >= 4 is 33.0 Å². The van der Waals surface area contributed by atoms with Crippen LogP contribution in [0, 0.1) is 6.92 Å². The summed E-state index contributed by atoms with van der Waals surface area (Å²) in [6.45, 7) is 7.80. The standard InChI is InChI=1S/C32H34N6O/c1-5-37-14-12-21(13-15-37)22-7-10-28-27(17-22)34-31(25-19-33-26-16-20(2)6-9-24(25)26)38(28)23-8-11-29-30(18-23)36(4)32(39)35(29)3/h6-11,16-19,21,33H,5,12-15H2,1-4H3. The van der Waals surface area contributed by atoms with Gasteiger partial charge in [-0.05, 0) is 92.8 Å². The van der Waals surface area contributed by atoms with Crippen molar-refractivity contribution in [3.05, 3.63) is 82.4 Å². The molecule has 0 amide bonds. The zero-order chi connectivity index (χ0) is 26.8. The molecule has 3 aromatic carbocycles. The highest BCUT2D eigenvalue weighted by atomic mass is 16.1. The predicted octanol–water partition coefficient (Wildman–Crippen LogP) is 5.87. The number of imidazole rings is 2. The minimum atomic E-state index is -0.0244. The summed E-state index contributed by atoms with van der Waals surface area (Å²) >= 11 is 0. The van der Waals surface area contributed by atoms with Crippen molar-refractivity contribution in [3.63, 3.8) is 0 Å². The number of H-pyrrole nitrogens is 1. The quantitative estimate of drug-likeness (QED) is 0.317. The molecule has 1 N–H and O–H groups in total. The van der Waals surface area contributed by atoms with Gasteiger partial charge < -0.3 is 9.88 Å². The van der Waals surface area contributed by atoms with E-state index < -0.39 is 0 Å². The molecule has 7 rings (SSSR count). The van der Waals surface area contributed by atoms with Crippen molar-refractivity contribution < 1.29 is 0 Å². The number of nitrogens with zero attached hydrogens (tertiary/aromatic N) is 5. The highest BCUT2D eigenvalue weighted by Gasteiger charge is 2.23. The van der Waals surface area contributed by atoms with Crippen LogP contribution in [0.5, 0.6) is 0 Å². The van der Waals surface area contributed by atoms with E-state index in [9.17, 15) is 4.79 Å². The van der Waals surface area contributed by atoms with Gasteiger partial charge in [0.05, 0.1) is 22.1 Å². The fraction of sp³-hybridized carbons (Fsp3) is 0.312. The molecule has 0 aliphatic carbocycles. The zero-order valence-electron chi connectivity index (χ0n) is 23.0. The molecule has 39 heavy (non-hydrogen) atoms. The summed E-state index contributed by atoms with van der Waals surface area (Å²) in [4.78, 5) is 23.9. The van der Waals surface area contributed by atoms with Crippen molar-refractivity contribution in [1.29, 1.82) is 0 Å². The van der Waals surface area contributed by atoms with Gasteiger partial charge in [-0.15, -0.1) is 0 Å². The average molecular weight is 519 g/mol. The molecule has 1 aliphatic rings. The number of piperidine rings is 1. The van der Waals surface area contributed by atoms with E-state index in [4.69, 9.17) is 4.98 Å². The molecule has 0 atom stereocenters. The lowest BCUT2D eigenvalue weighted by Crippen LogP contribution is -2.32. The average Bonchev–Trinajstić information content (AvgIpc) is 3.61. The fourth-order valence-corrected chi connectivity index (χ4v) is 6.44. The first kappa shape index (κ1) is 24.0. The van der Waals surface area contributed by atoms with E-state index in [1.807, 2.05) is 20.2 Å². The summed E-state index contributed by atoms with van der Waals surface area (Å²) in [5.41, 5.74) is 9.64. The van der Waals surface area contributed by atoms with Crippen LogP contribution in [0.3, 0.4) is 0 Å². The van der Waals surface area contributed by atoms with Crippen LogP contribution >= 0.6 is 0 Å². The van der Waals surface area contributed by atoms with Crippen molar-refractivity contribution in [2.45, 2.75) is 32.6 Å². The molecule has 0 saturated carbocycles. The lowest BCUT2D eigenvalue weighted by molar-refractivity contribution is 0.222. The molecule has 7 heteroatoms. The van der Waals surface area contributed by atoms with Crippen molar-refractivity contribution in [2.24, 2.45) is 14.1 Å². The van der Waals surface area contributed by atoms with Crippen LogP contribution in [0.2, 0.25) is 0 Å². The molecular weight excluding hydrogens is 484 g/mol. The van der Waals surface area contributed by atoms with Crippen LogP contribution in [0.15, 0.2) is 65.6 Å². The zero-order valence-corrected chi connectivity index (χ0v) is 23.0. The van der Waals surface area contributed by atoms with Gasteiger partial charge in [0.1, 0.15) is 5.82 Å². The number of hydrogen-bond acceptors (Lipinski definition) is 3. The number of rotatable bonds is 4. The maximum absolute atomic E-state index is 12.7. The molecule has 0 spiro atoms. The Bertz CT molecular complexity index is 1930. The Labute approximate surface area is 227 Å². The maximum atomic E-state index is 12.7. The third-order valence-corrected chi connectivity index (χ3v) is 8.78. The van der Waals surface area contributed by atoms with Crippen LogP contribution in [0.25, 0.3) is 50.0 Å². The first-order valence-corrected chi connectivity index (χ1v) is 13.9. The topological polar surface area (TPSA) is 63.8 Å². The molecule has 1 saturated heterocycles. The van der Waals surface area contributed by atoms with Gasteiger partial charge in [-0.2, -0.15) is 0 Å². The predicted molar refractivity (Wildman–Crippen MR) is 159 cm³/mol. The van der Waals surface area contributed by atoms with E-state index in [0.29, 0.717) is 5.92 Å². The number of fused-ring (bicyclic) bond motifs is 3. The molecular formula is C32H34N6O. The van der Waals surface area contributed by atoms with Crippen molar-refractivity contribution in [1.82, 2.24) is 28.6 Å². The Morgan fingerprint density at radius 2 is 1.69 bits per heavy atom. The molecule has 6 aromatic rings. The highest BCUT2D eigenvalue weighted by molar-refractivity contribution is 5.97. The SMILES string of the molecule is CCN1CCC(c2ccc3c(c2)nc(-c2c[nH]c4cc(C)ccc24)n3-c2ccc3c(c2)n(C)c(=O)n3C)CC1. The van der Waals surface area contributed by atoms with Gasteiger partial charge in [0.15, 0.2) is 0 Å². The number of nitrogens with one attached hydrogen (secondary N) is 1. The maximum Gasteiger partial charge on any atom is 0.328 e. The summed E-state index contributed by atoms with van der Waals surface area (Å²) in [5, 5.41) is 1.15. The van der Waals surface area contributed by atoms with Gasteiger partial charge in [-0.3, -0.25) is 13.7 Å². The molecule has 1 aliphatic heterocycles. The monoisotopic (exact) mass is 518 g/mol. The van der Waals surface area contributed by atoms with Crippen LogP contribution in [-0.4, -0.2) is 48.2 Å². The van der Waals surface area contributed by atoms with E-state index in [-0.39, 0.29) is 5.69 Å². The van der Waals surface area contributed by atoms with E-state index in [2.05, 4.69) is 83.0 Å². The van der Waals surface area contributed by atoms with E-state index in [1.165, 1.54) is 24.0 Å². The van der Waals surface area contributed by atoms with Crippen molar-refractivity contribution in [2.75, 3.05) is 19.6 Å². The Morgan fingerprint density at radius 3 is 2.49 bits per heavy atom. The third-order valence-electron chi connectivity index (χ3n) is 8.78. The van der Waals surface area contributed by atoms with Gasteiger partial charge >= 0.3 is 5.69 Å².